The Balaban J connectivity index is 1.90. The van der Waals surface area contributed by atoms with E-state index in [4.69, 9.17) is 23.8 Å². The molecular weight excluding hydrogens is 406 g/mol. The molecule has 5 nitrogen and oxygen atoms in total. The van der Waals surface area contributed by atoms with Crippen molar-refractivity contribution in [3.63, 3.8) is 0 Å². The smallest absolute Gasteiger partial charge is 0.253 e. The summed E-state index contributed by atoms with van der Waals surface area (Å²) in [5, 5.41) is 14.5. The highest BCUT2D eigenvalue weighted by molar-refractivity contribution is 7.80. The number of aliphatic hydroxyl groups is 1. The lowest BCUT2D eigenvalue weighted by Gasteiger charge is -2.26. The van der Waals surface area contributed by atoms with Gasteiger partial charge >= 0.3 is 0 Å². The van der Waals surface area contributed by atoms with E-state index in [-0.39, 0.29) is 12.2 Å². The van der Waals surface area contributed by atoms with Gasteiger partial charge < -0.3 is 20.3 Å². The highest BCUT2D eigenvalue weighted by Gasteiger charge is 2.14. The topological polar surface area (TPSA) is 68.4 Å². The molecule has 152 valence electrons. The van der Waals surface area contributed by atoms with E-state index >= 15 is 0 Å². The Morgan fingerprint density at radius 2 is 1.97 bits per heavy atom. The summed E-state index contributed by atoms with van der Waals surface area (Å²) in [6, 6.07) is 13.3. The highest BCUT2D eigenvalue weighted by atomic mass is 35.5. The van der Waals surface area contributed by atoms with Crippen LogP contribution in [0, 0.1) is 13.8 Å². The number of fused-ring (bicyclic) bond motifs is 1. The summed E-state index contributed by atoms with van der Waals surface area (Å²) in [5.41, 5.74) is 4.26. The number of aliphatic hydroxyl groups excluding tert-OH is 1. The number of nitrogens with zero attached hydrogens (tertiary/aromatic N) is 1. The molecule has 3 N–H and O–H groups in total. The lowest BCUT2D eigenvalue weighted by atomic mass is 10.0. The number of H-pyrrole nitrogens is 1. The van der Waals surface area contributed by atoms with E-state index in [9.17, 15) is 9.90 Å². The molecule has 3 rings (SSSR count). The molecule has 1 heterocycles. The van der Waals surface area contributed by atoms with E-state index < -0.39 is 0 Å². The van der Waals surface area contributed by atoms with Gasteiger partial charge in [-0.25, -0.2) is 0 Å². The largest absolute Gasteiger partial charge is 0.396 e. The number of benzene rings is 2. The van der Waals surface area contributed by atoms with E-state index in [1.807, 2.05) is 43.0 Å². The minimum absolute atomic E-state index is 0.0443. The summed E-state index contributed by atoms with van der Waals surface area (Å²) in [4.78, 5) is 17.6. The number of halogens is 1. The van der Waals surface area contributed by atoms with Gasteiger partial charge in [0.1, 0.15) is 0 Å². The van der Waals surface area contributed by atoms with Gasteiger partial charge in [-0.15, -0.1) is 0 Å². The molecule has 29 heavy (non-hydrogen) atoms. The summed E-state index contributed by atoms with van der Waals surface area (Å²) >= 11 is 11.6. The monoisotopic (exact) mass is 429 g/mol. The number of aromatic amines is 1. The van der Waals surface area contributed by atoms with Gasteiger partial charge in [0.25, 0.3) is 5.56 Å². The van der Waals surface area contributed by atoms with Gasteiger partial charge in [-0.05, 0) is 67.9 Å². The van der Waals surface area contributed by atoms with Crippen LogP contribution in [0.25, 0.3) is 10.9 Å². The van der Waals surface area contributed by atoms with Crippen LogP contribution in [0.4, 0.5) is 5.69 Å². The van der Waals surface area contributed by atoms with Crippen molar-refractivity contribution in [2.45, 2.75) is 26.8 Å². The molecule has 0 radical (unpaired) electrons. The third kappa shape index (κ3) is 5.15. The molecule has 0 saturated carbocycles. The number of anilines is 1. The zero-order chi connectivity index (χ0) is 21.0. The molecule has 0 bridgehead atoms. The maximum Gasteiger partial charge on any atom is 0.253 e. The standard InChI is InChI=1S/C22H24ClN3O2S/c1-14-7-8-15(2)20-19(14)11-16(21(28)25-20)13-26(9-4-10-27)22(29)24-18-6-3-5-17(23)12-18/h3,5-8,11-12,27H,4,9-10,13H2,1-2H3,(H,24,29)(H,25,28). The number of hydrogen-bond donors (Lipinski definition) is 3. The fourth-order valence-corrected chi connectivity index (χ4v) is 3.69. The van der Waals surface area contributed by atoms with Crippen LogP contribution in [0.2, 0.25) is 5.02 Å². The minimum atomic E-state index is -0.134. The van der Waals surface area contributed by atoms with Crippen LogP contribution in [-0.2, 0) is 6.54 Å². The van der Waals surface area contributed by atoms with Crippen molar-refractivity contribution >= 4 is 45.5 Å². The molecule has 0 amide bonds. The molecule has 7 heteroatoms. The SMILES string of the molecule is Cc1ccc(C)c2[nH]c(=O)c(CN(CCCO)C(=S)Nc3cccc(Cl)c3)cc12. The van der Waals surface area contributed by atoms with Crippen molar-refractivity contribution < 1.29 is 5.11 Å². The van der Waals surface area contributed by atoms with Gasteiger partial charge in [0.15, 0.2) is 5.11 Å². The molecule has 2 aromatic carbocycles. The molecular formula is C22H24ClN3O2S. The Labute approximate surface area is 180 Å². The zero-order valence-electron chi connectivity index (χ0n) is 16.5. The number of aromatic nitrogens is 1. The predicted octanol–water partition coefficient (Wildman–Crippen LogP) is 4.38. The molecule has 1 aromatic heterocycles. The number of hydrogen-bond acceptors (Lipinski definition) is 3. The van der Waals surface area contributed by atoms with Crippen molar-refractivity contribution in [3.8, 4) is 0 Å². The van der Waals surface area contributed by atoms with Crippen molar-refractivity contribution in [3.05, 3.63) is 74.5 Å². The first-order valence-corrected chi connectivity index (χ1v) is 10.2. The van der Waals surface area contributed by atoms with Gasteiger partial charge in [0.05, 0.1) is 12.1 Å². The highest BCUT2D eigenvalue weighted by Crippen LogP contribution is 2.21. The van der Waals surface area contributed by atoms with Crippen molar-refractivity contribution in [1.29, 1.82) is 0 Å². The predicted molar refractivity (Wildman–Crippen MR) is 124 cm³/mol. The molecule has 0 aliphatic rings. The summed E-state index contributed by atoms with van der Waals surface area (Å²) in [6.45, 7) is 4.91. The molecule has 0 saturated heterocycles. The number of pyridine rings is 1. The van der Waals surface area contributed by atoms with Gasteiger partial charge in [-0.3, -0.25) is 4.79 Å². The first-order valence-electron chi connectivity index (χ1n) is 9.43. The van der Waals surface area contributed by atoms with Crippen LogP contribution in [0.1, 0.15) is 23.1 Å². The first kappa shape index (κ1) is 21.3. The molecule has 0 aliphatic carbocycles. The van der Waals surface area contributed by atoms with Gasteiger partial charge in [0, 0.05) is 34.8 Å². The Hall–Kier alpha value is -2.41. The fraction of sp³-hybridized carbons (Fsp3) is 0.273. The maximum absolute atomic E-state index is 12.7. The normalized spacial score (nSPS) is 10.9. The van der Waals surface area contributed by atoms with Crippen molar-refractivity contribution in [2.75, 3.05) is 18.5 Å². The van der Waals surface area contributed by atoms with E-state index in [0.717, 1.165) is 27.7 Å². The summed E-state index contributed by atoms with van der Waals surface area (Å²) in [7, 11) is 0. The Kier molecular flexibility index (Phi) is 6.90. The number of aryl methyl sites for hydroxylation is 2. The van der Waals surface area contributed by atoms with Crippen LogP contribution in [-0.4, -0.2) is 33.3 Å². The average Bonchev–Trinajstić information content (AvgIpc) is 2.68. The maximum atomic E-state index is 12.7. The summed E-state index contributed by atoms with van der Waals surface area (Å²) in [5.74, 6) is 0. The van der Waals surface area contributed by atoms with Crippen molar-refractivity contribution in [1.82, 2.24) is 9.88 Å². The second-order valence-corrected chi connectivity index (χ2v) is 7.87. The molecule has 0 fully saturated rings. The van der Waals surface area contributed by atoms with Crippen LogP contribution >= 0.6 is 23.8 Å². The Bertz CT molecular complexity index is 1100. The molecule has 3 aromatic rings. The molecule has 0 atom stereocenters. The Morgan fingerprint density at radius 1 is 1.21 bits per heavy atom. The second kappa shape index (κ2) is 9.39. The van der Waals surface area contributed by atoms with Crippen LogP contribution < -0.4 is 10.9 Å². The lowest BCUT2D eigenvalue weighted by molar-refractivity contribution is 0.266. The van der Waals surface area contributed by atoms with Gasteiger partial charge in [-0.1, -0.05) is 29.8 Å². The Morgan fingerprint density at radius 3 is 2.69 bits per heavy atom. The zero-order valence-corrected chi connectivity index (χ0v) is 18.0. The minimum Gasteiger partial charge on any atom is -0.396 e. The number of rotatable bonds is 6. The lowest BCUT2D eigenvalue weighted by Crippen LogP contribution is -2.37. The van der Waals surface area contributed by atoms with Gasteiger partial charge in [-0.2, -0.15) is 0 Å². The molecule has 0 aliphatic heterocycles. The van der Waals surface area contributed by atoms with Crippen LogP contribution in [0.5, 0.6) is 0 Å². The average molecular weight is 430 g/mol. The second-order valence-electron chi connectivity index (χ2n) is 7.05. The van der Waals surface area contributed by atoms with Crippen molar-refractivity contribution in [2.24, 2.45) is 0 Å². The number of thiocarbonyl (C=S) groups is 1. The van der Waals surface area contributed by atoms with Crippen LogP contribution in [0.15, 0.2) is 47.3 Å². The molecule has 0 unspecified atom stereocenters. The summed E-state index contributed by atoms with van der Waals surface area (Å²) in [6.07, 6.45) is 0.543. The van der Waals surface area contributed by atoms with Gasteiger partial charge in [0.2, 0.25) is 0 Å². The van der Waals surface area contributed by atoms with E-state index in [1.165, 1.54) is 0 Å². The third-order valence-electron chi connectivity index (χ3n) is 4.83. The quantitative estimate of drug-likeness (QED) is 0.507. The first-order chi connectivity index (χ1) is 13.9. The third-order valence-corrected chi connectivity index (χ3v) is 5.43. The van der Waals surface area contributed by atoms with E-state index in [2.05, 4.69) is 16.4 Å². The van der Waals surface area contributed by atoms with Crippen LogP contribution in [0.3, 0.4) is 0 Å². The molecule has 0 spiro atoms. The van der Waals surface area contributed by atoms with E-state index in [0.29, 0.717) is 35.2 Å². The fourth-order valence-electron chi connectivity index (χ4n) is 3.22. The van der Waals surface area contributed by atoms with E-state index in [1.54, 1.807) is 12.1 Å². The number of nitrogens with one attached hydrogen (secondary N) is 2. The summed E-state index contributed by atoms with van der Waals surface area (Å²) < 4.78 is 0.